The maximum Gasteiger partial charge on any atom is 0.231 e. The van der Waals surface area contributed by atoms with Gasteiger partial charge in [0.15, 0.2) is 11.5 Å². The molecule has 1 fully saturated rings. The Labute approximate surface area is 218 Å². The molecule has 0 amide bonds. The molecule has 4 aliphatic rings. The van der Waals surface area contributed by atoms with E-state index in [1.807, 2.05) is 6.92 Å². The van der Waals surface area contributed by atoms with Crippen LogP contribution in [0.4, 0.5) is 0 Å². The molecule has 4 heterocycles. The molecular formula is C30H35N3O4. The van der Waals surface area contributed by atoms with E-state index in [0.29, 0.717) is 24.5 Å². The van der Waals surface area contributed by atoms with Crippen molar-refractivity contribution in [3.8, 4) is 23.3 Å². The van der Waals surface area contributed by atoms with Gasteiger partial charge in [0.25, 0.3) is 0 Å². The van der Waals surface area contributed by atoms with E-state index in [2.05, 4.69) is 56.3 Å². The average Bonchev–Trinajstić information content (AvgIpc) is 3.37. The fraction of sp³-hybridized carbons (Fsp3) is 0.500. The summed E-state index contributed by atoms with van der Waals surface area (Å²) in [4.78, 5) is 4.70. The molecule has 0 saturated carbocycles. The molecule has 7 heteroatoms. The summed E-state index contributed by atoms with van der Waals surface area (Å²) in [6, 6.07) is 4.31. The van der Waals surface area contributed by atoms with Crippen LogP contribution in [0.15, 0.2) is 18.7 Å². The standard InChI is InChI=1S/C30H35N3O4/c1-7-8-35-28-18(5)29-30(37-14-36-29)26-20(28)11-22-27-25-17(4)16(3)15(2)9-19(25)10-21(32(27)6)23(12-31)33(22)24(26)13-34/h7,9,21-24,27,34H,1,8,10-11,13-14H2,2-6H3/t21-,22?,23+,24+,27?/m1/s1. The minimum Gasteiger partial charge on any atom is -0.489 e. The monoisotopic (exact) mass is 501 g/mol. The highest BCUT2D eigenvalue weighted by Crippen LogP contribution is 2.57. The molecule has 0 spiro atoms. The smallest absolute Gasteiger partial charge is 0.231 e. The molecule has 0 radical (unpaired) electrons. The first-order valence-electron chi connectivity index (χ1n) is 13.1. The van der Waals surface area contributed by atoms with Crippen molar-refractivity contribution in [2.75, 3.05) is 27.1 Å². The summed E-state index contributed by atoms with van der Waals surface area (Å²) >= 11 is 0. The lowest BCUT2D eigenvalue weighted by atomic mass is 9.70. The fourth-order valence-electron chi connectivity index (χ4n) is 7.49. The van der Waals surface area contributed by atoms with E-state index >= 15 is 0 Å². The Morgan fingerprint density at radius 1 is 1.11 bits per heavy atom. The number of aryl methyl sites for hydroxylation is 1. The molecule has 2 aromatic carbocycles. The third-order valence-electron chi connectivity index (χ3n) is 9.31. The van der Waals surface area contributed by atoms with E-state index in [9.17, 15) is 10.4 Å². The van der Waals surface area contributed by atoms with Crippen molar-refractivity contribution in [2.24, 2.45) is 0 Å². The molecule has 0 aliphatic carbocycles. The topological polar surface area (TPSA) is 78.2 Å². The lowest BCUT2D eigenvalue weighted by Gasteiger charge is -2.60. The summed E-state index contributed by atoms with van der Waals surface area (Å²) in [5.41, 5.74) is 9.53. The van der Waals surface area contributed by atoms with Crippen molar-refractivity contribution in [3.05, 3.63) is 63.2 Å². The number of hydrogen-bond acceptors (Lipinski definition) is 7. The number of hydrogen-bond donors (Lipinski definition) is 1. The van der Waals surface area contributed by atoms with Gasteiger partial charge in [-0.3, -0.25) is 9.80 Å². The van der Waals surface area contributed by atoms with Gasteiger partial charge in [0.2, 0.25) is 6.79 Å². The van der Waals surface area contributed by atoms with Crippen LogP contribution in [-0.2, 0) is 12.8 Å². The molecule has 2 aromatic rings. The van der Waals surface area contributed by atoms with Gasteiger partial charge in [0, 0.05) is 28.8 Å². The van der Waals surface area contributed by atoms with Crippen LogP contribution in [0.25, 0.3) is 0 Å². The second kappa shape index (κ2) is 8.76. The Hall–Kier alpha value is -3.05. The number of nitriles is 1. The Morgan fingerprint density at radius 2 is 1.86 bits per heavy atom. The third-order valence-corrected chi connectivity index (χ3v) is 9.31. The van der Waals surface area contributed by atoms with Crippen molar-refractivity contribution in [1.29, 1.82) is 5.26 Å². The molecule has 4 aliphatic heterocycles. The first-order valence-corrected chi connectivity index (χ1v) is 13.1. The van der Waals surface area contributed by atoms with Crippen LogP contribution in [-0.4, -0.2) is 60.1 Å². The van der Waals surface area contributed by atoms with E-state index in [0.717, 1.165) is 28.9 Å². The first kappa shape index (κ1) is 24.3. The van der Waals surface area contributed by atoms with E-state index in [1.54, 1.807) is 6.08 Å². The predicted molar refractivity (Wildman–Crippen MR) is 140 cm³/mol. The van der Waals surface area contributed by atoms with E-state index in [-0.39, 0.29) is 37.6 Å². The zero-order chi connectivity index (χ0) is 26.2. The maximum atomic E-state index is 10.9. The van der Waals surface area contributed by atoms with Crippen LogP contribution in [0.1, 0.15) is 56.6 Å². The van der Waals surface area contributed by atoms with Crippen molar-refractivity contribution in [2.45, 2.75) is 70.7 Å². The van der Waals surface area contributed by atoms with Crippen LogP contribution in [0.3, 0.4) is 0 Å². The van der Waals surface area contributed by atoms with Crippen LogP contribution in [0, 0.1) is 39.0 Å². The lowest BCUT2D eigenvalue weighted by Crippen LogP contribution is -2.68. The highest BCUT2D eigenvalue weighted by atomic mass is 16.7. The largest absolute Gasteiger partial charge is 0.489 e. The van der Waals surface area contributed by atoms with Crippen molar-refractivity contribution in [3.63, 3.8) is 0 Å². The Bertz CT molecular complexity index is 1350. The molecule has 7 nitrogen and oxygen atoms in total. The van der Waals surface area contributed by atoms with Gasteiger partial charge in [-0.15, -0.1) is 0 Å². The van der Waals surface area contributed by atoms with Gasteiger partial charge in [-0.05, 0) is 75.4 Å². The Balaban J connectivity index is 1.61. The zero-order valence-corrected chi connectivity index (χ0v) is 22.3. The second-order valence-corrected chi connectivity index (χ2v) is 10.9. The SMILES string of the molecule is C=CCOc1c(C)c2c(c3c1CC1C4c5c(cc(C)c(C)c5C)C[C@H]([C@H](C#N)N1[C@H]3CO)N4C)OCO2. The summed E-state index contributed by atoms with van der Waals surface area (Å²) in [5, 5.41) is 21.4. The molecule has 2 unspecified atom stereocenters. The summed E-state index contributed by atoms with van der Waals surface area (Å²) in [6.45, 7) is 12.8. The molecule has 6 rings (SSSR count). The van der Waals surface area contributed by atoms with Crippen LogP contribution < -0.4 is 14.2 Å². The quantitative estimate of drug-likeness (QED) is 0.635. The van der Waals surface area contributed by atoms with Crippen molar-refractivity contribution >= 4 is 0 Å². The van der Waals surface area contributed by atoms with Crippen LogP contribution >= 0.6 is 0 Å². The predicted octanol–water partition coefficient (Wildman–Crippen LogP) is 3.98. The number of likely N-dealkylation sites (N-methyl/N-ethyl adjacent to an activating group) is 1. The number of benzene rings is 2. The van der Waals surface area contributed by atoms with Gasteiger partial charge < -0.3 is 19.3 Å². The normalized spacial score (nSPS) is 27.6. The highest BCUT2D eigenvalue weighted by molar-refractivity contribution is 5.66. The summed E-state index contributed by atoms with van der Waals surface area (Å²) < 4.78 is 18.1. The number of ether oxygens (including phenoxy) is 3. The molecule has 2 bridgehead atoms. The van der Waals surface area contributed by atoms with Crippen LogP contribution in [0.5, 0.6) is 17.2 Å². The lowest BCUT2D eigenvalue weighted by molar-refractivity contribution is -0.0821. The molecule has 194 valence electrons. The number of rotatable bonds is 4. The number of piperazine rings is 1. The van der Waals surface area contributed by atoms with Gasteiger partial charge >= 0.3 is 0 Å². The molecule has 37 heavy (non-hydrogen) atoms. The van der Waals surface area contributed by atoms with Gasteiger partial charge in [0.05, 0.1) is 24.8 Å². The van der Waals surface area contributed by atoms with Gasteiger partial charge in [-0.2, -0.15) is 5.26 Å². The van der Waals surface area contributed by atoms with E-state index < -0.39 is 6.04 Å². The highest BCUT2D eigenvalue weighted by Gasteiger charge is 2.56. The van der Waals surface area contributed by atoms with Gasteiger partial charge in [-0.1, -0.05) is 18.7 Å². The molecule has 0 aromatic heterocycles. The fourth-order valence-corrected chi connectivity index (χ4v) is 7.49. The maximum absolute atomic E-state index is 10.9. The first-order chi connectivity index (χ1) is 17.8. The Morgan fingerprint density at radius 3 is 2.57 bits per heavy atom. The van der Waals surface area contributed by atoms with E-state index in [1.165, 1.54) is 27.8 Å². The number of aliphatic hydroxyl groups is 1. The number of aliphatic hydroxyl groups excluding tert-OH is 1. The van der Waals surface area contributed by atoms with Crippen LogP contribution in [0.2, 0.25) is 0 Å². The number of fused-ring (bicyclic) bond motifs is 9. The third kappa shape index (κ3) is 3.22. The molecule has 5 atom stereocenters. The minimum atomic E-state index is -0.396. The molecule has 1 N–H and O–H groups in total. The summed E-state index contributed by atoms with van der Waals surface area (Å²) in [7, 11) is 2.16. The Kier molecular flexibility index (Phi) is 5.76. The summed E-state index contributed by atoms with van der Waals surface area (Å²) in [6.07, 6.45) is 3.24. The van der Waals surface area contributed by atoms with Gasteiger partial charge in [0.1, 0.15) is 18.4 Å². The molecular weight excluding hydrogens is 466 g/mol. The van der Waals surface area contributed by atoms with E-state index in [4.69, 9.17) is 14.2 Å². The van der Waals surface area contributed by atoms with Crippen molar-refractivity contribution < 1.29 is 19.3 Å². The number of nitrogens with zero attached hydrogens (tertiary/aromatic N) is 3. The molecule has 1 saturated heterocycles. The minimum absolute atomic E-state index is 0.0127. The summed E-state index contributed by atoms with van der Waals surface area (Å²) in [5.74, 6) is 2.13. The van der Waals surface area contributed by atoms with Gasteiger partial charge in [-0.25, -0.2) is 0 Å². The zero-order valence-electron chi connectivity index (χ0n) is 22.3. The second-order valence-electron chi connectivity index (χ2n) is 10.9. The average molecular weight is 502 g/mol. The van der Waals surface area contributed by atoms with Crippen molar-refractivity contribution in [1.82, 2.24) is 9.80 Å².